The average Bonchev–Trinajstić information content (AvgIpc) is 2.77. The standard InChI is InChI=1S/C24H15Cl2FN2O4/c25-18-6-1-2-7-20(18)29-23(31)17(22(30)28-24(29)32)11-14-8-9-21(19(26)12-14)33-13-15-4-3-5-16(27)10-15/h1-12H,13H2,(H,28,30,32)/b17-11+. The highest BCUT2D eigenvalue weighted by Gasteiger charge is 2.37. The van der Waals surface area contributed by atoms with Crippen LogP contribution in [0.25, 0.3) is 6.08 Å². The average molecular weight is 485 g/mol. The van der Waals surface area contributed by atoms with Crippen molar-refractivity contribution in [3.63, 3.8) is 0 Å². The molecule has 0 bridgehead atoms. The van der Waals surface area contributed by atoms with Crippen LogP contribution in [0.4, 0.5) is 14.9 Å². The molecule has 1 N–H and O–H groups in total. The Labute approximate surface area is 198 Å². The molecular weight excluding hydrogens is 470 g/mol. The molecule has 0 unspecified atom stereocenters. The number of barbiturate groups is 1. The molecule has 1 aliphatic rings. The zero-order valence-corrected chi connectivity index (χ0v) is 18.4. The fraction of sp³-hybridized carbons (Fsp3) is 0.0417. The van der Waals surface area contributed by atoms with Gasteiger partial charge >= 0.3 is 6.03 Å². The highest BCUT2D eigenvalue weighted by atomic mass is 35.5. The second-order valence-corrected chi connectivity index (χ2v) is 7.83. The van der Waals surface area contributed by atoms with E-state index in [1.54, 1.807) is 36.4 Å². The maximum absolute atomic E-state index is 13.3. The highest BCUT2D eigenvalue weighted by molar-refractivity contribution is 6.42. The Balaban J connectivity index is 1.57. The highest BCUT2D eigenvalue weighted by Crippen LogP contribution is 2.30. The number of hydrogen-bond donors (Lipinski definition) is 1. The van der Waals surface area contributed by atoms with Gasteiger partial charge in [-0.25, -0.2) is 14.1 Å². The zero-order chi connectivity index (χ0) is 23.5. The number of carbonyl (C=O) groups excluding carboxylic acids is 3. The minimum atomic E-state index is -0.894. The van der Waals surface area contributed by atoms with E-state index in [2.05, 4.69) is 5.32 Å². The second-order valence-electron chi connectivity index (χ2n) is 7.02. The lowest BCUT2D eigenvalue weighted by Gasteiger charge is -2.27. The van der Waals surface area contributed by atoms with E-state index in [0.717, 1.165) is 4.90 Å². The molecule has 3 aromatic carbocycles. The Morgan fingerprint density at radius 3 is 2.45 bits per heavy atom. The molecule has 6 nitrogen and oxygen atoms in total. The van der Waals surface area contributed by atoms with Gasteiger partial charge in [0.05, 0.1) is 15.7 Å². The number of nitrogens with zero attached hydrogens (tertiary/aromatic N) is 1. The van der Waals surface area contributed by atoms with Gasteiger partial charge in [0.1, 0.15) is 23.7 Å². The molecule has 9 heteroatoms. The number of imide groups is 2. The predicted molar refractivity (Wildman–Crippen MR) is 123 cm³/mol. The van der Waals surface area contributed by atoms with E-state index in [0.29, 0.717) is 16.9 Å². The van der Waals surface area contributed by atoms with Crippen LogP contribution in [0.3, 0.4) is 0 Å². The summed E-state index contributed by atoms with van der Waals surface area (Å²) in [6.45, 7) is 0.105. The monoisotopic (exact) mass is 484 g/mol. The minimum absolute atomic E-state index is 0.105. The molecular formula is C24H15Cl2FN2O4. The van der Waals surface area contributed by atoms with Crippen LogP contribution < -0.4 is 15.0 Å². The maximum atomic E-state index is 13.3. The topological polar surface area (TPSA) is 75.7 Å². The number of benzene rings is 3. The van der Waals surface area contributed by atoms with Crippen molar-refractivity contribution in [2.24, 2.45) is 0 Å². The molecule has 33 heavy (non-hydrogen) atoms. The Morgan fingerprint density at radius 2 is 1.73 bits per heavy atom. The van der Waals surface area contributed by atoms with E-state index in [-0.39, 0.29) is 33.7 Å². The Hall–Kier alpha value is -3.68. The summed E-state index contributed by atoms with van der Waals surface area (Å²) in [4.78, 5) is 38.4. The number of nitrogens with one attached hydrogen (secondary N) is 1. The fourth-order valence-electron chi connectivity index (χ4n) is 3.19. The molecule has 0 radical (unpaired) electrons. The summed E-state index contributed by atoms with van der Waals surface area (Å²) < 4.78 is 18.9. The molecule has 0 spiro atoms. The van der Waals surface area contributed by atoms with Gasteiger partial charge in [-0.3, -0.25) is 14.9 Å². The molecule has 0 aliphatic carbocycles. The first-order chi connectivity index (χ1) is 15.8. The van der Waals surface area contributed by atoms with Gasteiger partial charge in [-0.15, -0.1) is 0 Å². The van der Waals surface area contributed by atoms with Gasteiger partial charge in [0.15, 0.2) is 0 Å². The lowest BCUT2D eigenvalue weighted by molar-refractivity contribution is -0.122. The third kappa shape index (κ3) is 4.89. The largest absolute Gasteiger partial charge is 0.487 e. The normalized spacial score (nSPS) is 15.1. The van der Waals surface area contributed by atoms with Gasteiger partial charge < -0.3 is 4.74 Å². The van der Waals surface area contributed by atoms with Crippen molar-refractivity contribution in [1.82, 2.24) is 5.32 Å². The van der Waals surface area contributed by atoms with Gasteiger partial charge in [0.25, 0.3) is 11.8 Å². The quantitative estimate of drug-likeness (QED) is 0.389. The summed E-state index contributed by atoms with van der Waals surface area (Å²) in [5, 5.41) is 2.54. The van der Waals surface area contributed by atoms with Crippen LogP contribution in [0.5, 0.6) is 5.75 Å². The van der Waals surface area contributed by atoms with Crippen molar-refractivity contribution in [2.75, 3.05) is 4.90 Å². The maximum Gasteiger partial charge on any atom is 0.335 e. The first-order valence-electron chi connectivity index (χ1n) is 9.66. The molecule has 0 aromatic heterocycles. The SMILES string of the molecule is O=C1NC(=O)N(c2ccccc2Cl)C(=O)/C1=C/c1ccc(OCc2cccc(F)c2)c(Cl)c1. The number of para-hydroxylation sites is 1. The zero-order valence-electron chi connectivity index (χ0n) is 16.8. The summed E-state index contributed by atoms with van der Waals surface area (Å²) in [6.07, 6.45) is 1.32. The molecule has 0 atom stereocenters. The van der Waals surface area contributed by atoms with Crippen molar-refractivity contribution >= 4 is 52.8 Å². The van der Waals surface area contributed by atoms with E-state index >= 15 is 0 Å². The lowest BCUT2D eigenvalue weighted by Crippen LogP contribution is -2.54. The van der Waals surface area contributed by atoms with Gasteiger partial charge in [0.2, 0.25) is 0 Å². The van der Waals surface area contributed by atoms with Crippen molar-refractivity contribution in [3.8, 4) is 5.75 Å². The fourth-order valence-corrected chi connectivity index (χ4v) is 3.65. The van der Waals surface area contributed by atoms with Crippen LogP contribution in [0.2, 0.25) is 10.0 Å². The van der Waals surface area contributed by atoms with Crippen molar-refractivity contribution in [1.29, 1.82) is 0 Å². The number of carbonyl (C=O) groups is 3. The number of urea groups is 1. The van der Waals surface area contributed by atoms with Crippen molar-refractivity contribution in [3.05, 3.63) is 99.3 Å². The molecule has 1 heterocycles. The van der Waals surface area contributed by atoms with Crippen LogP contribution in [0, 0.1) is 5.82 Å². The summed E-state index contributed by atoms with van der Waals surface area (Å²) in [6, 6.07) is 16.0. The summed E-state index contributed by atoms with van der Waals surface area (Å²) in [5.74, 6) is -1.69. The Bertz CT molecular complexity index is 1310. The third-order valence-electron chi connectivity index (χ3n) is 4.75. The second kappa shape index (κ2) is 9.44. The number of ether oxygens (including phenoxy) is 1. The van der Waals surface area contributed by atoms with Gasteiger partial charge in [-0.1, -0.05) is 53.5 Å². The minimum Gasteiger partial charge on any atom is -0.487 e. The number of anilines is 1. The molecule has 1 aliphatic heterocycles. The van der Waals surface area contributed by atoms with Crippen molar-refractivity contribution < 1.29 is 23.5 Å². The smallest absolute Gasteiger partial charge is 0.335 e. The van der Waals surface area contributed by atoms with Crippen molar-refractivity contribution in [2.45, 2.75) is 6.61 Å². The summed E-state index contributed by atoms with van der Waals surface area (Å²) in [5.41, 5.74) is 0.953. The lowest BCUT2D eigenvalue weighted by atomic mass is 10.1. The Kier molecular flexibility index (Phi) is 6.44. The number of halogens is 3. The number of amides is 4. The summed E-state index contributed by atoms with van der Waals surface area (Å²) >= 11 is 12.4. The number of rotatable bonds is 5. The summed E-state index contributed by atoms with van der Waals surface area (Å²) in [7, 11) is 0. The third-order valence-corrected chi connectivity index (χ3v) is 5.36. The van der Waals surface area contributed by atoms with Crippen LogP contribution >= 0.6 is 23.2 Å². The molecule has 4 rings (SSSR count). The Morgan fingerprint density at radius 1 is 0.939 bits per heavy atom. The van der Waals surface area contributed by atoms with Gasteiger partial charge in [0, 0.05) is 0 Å². The van der Waals surface area contributed by atoms with E-state index in [1.807, 2.05) is 0 Å². The van der Waals surface area contributed by atoms with Crippen LogP contribution in [-0.2, 0) is 16.2 Å². The van der Waals surface area contributed by atoms with Crippen LogP contribution in [0.1, 0.15) is 11.1 Å². The molecule has 1 saturated heterocycles. The first kappa shape index (κ1) is 22.5. The van der Waals surface area contributed by atoms with E-state index < -0.39 is 17.8 Å². The van der Waals surface area contributed by atoms with Gasteiger partial charge in [-0.2, -0.15) is 0 Å². The molecule has 3 aromatic rings. The molecule has 1 fully saturated rings. The predicted octanol–water partition coefficient (Wildman–Crippen LogP) is 5.38. The molecule has 0 saturated carbocycles. The van der Waals surface area contributed by atoms with Gasteiger partial charge in [-0.05, 0) is 53.6 Å². The molecule has 166 valence electrons. The first-order valence-corrected chi connectivity index (χ1v) is 10.4. The van der Waals surface area contributed by atoms with E-state index in [4.69, 9.17) is 27.9 Å². The van der Waals surface area contributed by atoms with Crippen LogP contribution in [-0.4, -0.2) is 17.8 Å². The van der Waals surface area contributed by atoms with Crippen LogP contribution in [0.15, 0.2) is 72.3 Å². The van der Waals surface area contributed by atoms with E-state index in [1.165, 1.54) is 36.4 Å². The molecule has 4 amide bonds. The van der Waals surface area contributed by atoms with E-state index in [9.17, 15) is 18.8 Å². The number of hydrogen-bond acceptors (Lipinski definition) is 4.